The van der Waals surface area contributed by atoms with E-state index < -0.39 is 0 Å². The summed E-state index contributed by atoms with van der Waals surface area (Å²) in [5, 5.41) is 0.494. The standard InChI is InChI=1S/C24H24ClN3O3S/c1-2-14-31-21-9-4-3-6-18(21)15-22-23(29)28(24(30)32-22)17-26-10-12-27(13-11-26)20-8-5-7-19(25)16-20/h2-9,15-16H,1,10-14,17H2/p+1/b22-15+. The Labute approximate surface area is 197 Å². The molecule has 32 heavy (non-hydrogen) atoms. The highest BCUT2D eigenvalue weighted by atomic mass is 35.5. The summed E-state index contributed by atoms with van der Waals surface area (Å²) in [6.45, 7) is 7.77. The van der Waals surface area contributed by atoms with Crippen LogP contribution in [0, 0.1) is 0 Å². The Morgan fingerprint density at radius 3 is 2.66 bits per heavy atom. The van der Waals surface area contributed by atoms with E-state index in [1.54, 1.807) is 12.2 Å². The number of anilines is 1. The number of thioether (sulfide) groups is 1. The molecule has 2 fully saturated rings. The van der Waals surface area contributed by atoms with Crippen molar-refractivity contribution in [2.24, 2.45) is 0 Å². The van der Waals surface area contributed by atoms with Crippen LogP contribution in [0.3, 0.4) is 0 Å². The van der Waals surface area contributed by atoms with Gasteiger partial charge in [-0.25, -0.2) is 4.90 Å². The molecule has 0 atom stereocenters. The van der Waals surface area contributed by atoms with E-state index in [-0.39, 0.29) is 11.1 Å². The van der Waals surface area contributed by atoms with Crippen molar-refractivity contribution in [2.45, 2.75) is 0 Å². The minimum absolute atomic E-state index is 0.226. The third-order valence-corrected chi connectivity index (χ3v) is 6.60. The van der Waals surface area contributed by atoms with Gasteiger partial charge in [-0.1, -0.05) is 48.5 Å². The lowest BCUT2D eigenvalue weighted by molar-refractivity contribution is -0.907. The summed E-state index contributed by atoms with van der Waals surface area (Å²) in [5.74, 6) is 0.408. The third kappa shape index (κ3) is 5.18. The number of carbonyl (C=O) groups excluding carboxylic acids is 2. The van der Waals surface area contributed by atoms with E-state index in [0.717, 1.165) is 54.2 Å². The molecule has 2 amide bonds. The van der Waals surface area contributed by atoms with E-state index in [4.69, 9.17) is 16.3 Å². The number of hydrogen-bond donors (Lipinski definition) is 1. The molecule has 0 aliphatic carbocycles. The number of carbonyl (C=O) groups is 2. The molecule has 8 heteroatoms. The second kappa shape index (κ2) is 10.3. The molecule has 2 aromatic rings. The van der Waals surface area contributed by atoms with Crippen molar-refractivity contribution < 1.29 is 19.2 Å². The predicted molar refractivity (Wildman–Crippen MR) is 129 cm³/mol. The van der Waals surface area contributed by atoms with E-state index in [9.17, 15) is 9.59 Å². The highest BCUT2D eigenvalue weighted by molar-refractivity contribution is 8.18. The second-order valence-electron chi connectivity index (χ2n) is 7.62. The first kappa shape index (κ1) is 22.5. The zero-order valence-corrected chi connectivity index (χ0v) is 19.2. The molecule has 0 aromatic heterocycles. The van der Waals surface area contributed by atoms with Crippen LogP contribution in [0.5, 0.6) is 5.75 Å². The number of benzene rings is 2. The molecule has 2 saturated heterocycles. The Morgan fingerprint density at radius 2 is 1.91 bits per heavy atom. The van der Waals surface area contributed by atoms with Crippen LogP contribution in [0.1, 0.15) is 5.56 Å². The number of halogens is 1. The van der Waals surface area contributed by atoms with Gasteiger partial charge in [-0.15, -0.1) is 0 Å². The maximum absolute atomic E-state index is 13.0. The number of quaternary nitrogens is 1. The largest absolute Gasteiger partial charge is 0.489 e. The second-order valence-corrected chi connectivity index (χ2v) is 9.05. The number of imide groups is 1. The van der Waals surface area contributed by atoms with Crippen molar-refractivity contribution >= 4 is 46.3 Å². The normalized spacial score (nSPS) is 18.5. The zero-order chi connectivity index (χ0) is 22.5. The fourth-order valence-corrected chi connectivity index (χ4v) is 4.81. The first-order chi connectivity index (χ1) is 15.5. The quantitative estimate of drug-likeness (QED) is 0.497. The van der Waals surface area contributed by atoms with Crippen LogP contribution >= 0.6 is 23.4 Å². The van der Waals surface area contributed by atoms with Gasteiger partial charge in [-0.2, -0.15) is 0 Å². The molecule has 166 valence electrons. The number of amides is 2. The highest BCUT2D eigenvalue weighted by Gasteiger charge is 2.38. The van der Waals surface area contributed by atoms with Crippen molar-refractivity contribution in [2.75, 3.05) is 44.4 Å². The maximum atomic E-state index is 13.0. The van der Waals surface area contributed by atoms with E-state index in [2.05, 4.69) is 17.5 Å². The summed E-state index contributed by atoms with van der Waals surface area (Å²) >= 11 is 7.09. The molecule has 1 N–H and O–H groups in total. The molecular formula is C24H25ClN3O3S+. The van der Waals surface area contributed by atoms with Gasteiger partial charge in [-0.05, 0) is 42.1 Å². The van der Waals surface area contributed by atoms with Crippen molar-refractivity contribution in [1.82, 2.24) is 4.90 Å². The summed E-state index contributed by atoms with van der Waals surface area (Å²) in [7, 11) is 0. The molecule has 6 nitrogen and oxygen atoms in total. The summed E-state index contributed by atoms with van der Waals surface area (Å²) < 4.78 is 5.66. The third-order valence-electron chi connectivity index (χ3n) is 5.46. The predicted octanol–water partition coefficient (Wildman–Crippen LogP) is 3.30. The Hall–Kier alpha value is -2.74. The smallest absolute Gasteiger partial charge is 0.298 e. The van der Waals surface area contributed by atoms with Gasteiger partial charge in [0.1, 0.15) is 12.4 Å². The molecule has 0 radical (unpaired) electrons. The van der Waals surface area contributed by atoms with E-state index in [0.29, 0.717) is 23.9 Å². The fourth-order valence-electron chi connectivity index (χ4n) is 3.79. The lowest BCUT2D eigenvalue weighted by Crippen LogP contribution is -3.16. The minimum Gasteiger partial charge on any atom is -0.489 e. The van der Waals surface area contributed by atoms with Crippen molar-refractivity contribution in [3.63, 3.8) is 0 Å². The Bertz CT molecular complexity index is 1050. The monoisotopic (exact) mass is 470 g/mol. The molecule has 0 unspecified atom stereocenters. The van der Waals surface area contributed by atoms with Gasteiger partial charge < -0.3 is 14.5 Å². The zero-order valence-electron chi connectivity index (χ0n) is 17.6. The molecule has 2 aromatic carbocycles. The van der Waals surface area contributed by atoms with Gasteiger partial charge in [-0.3, -0.25) is 9.59 Å². The van der Waals surface area contributed by atoms with Crippen LogP contribution in [0.4, 0.5) is 10.5 Å². The van der Waals surface area contributed by atoms with Crippen LogP contribution in [-0.2, 0) is 4.79 Å². The number of rotatable bonds is 7. The highest BCUT2D eigenvalue weighted by Crippen LogP contribution is 2.33. The number of piperazine rings is 1. The average Bonchev–Trinajstić information content (AvgIpc) is 3.06. The minimum atomic E-state index is -0.247. The van der Waals surface area contributed by atoms with Crippen molar-refractivity contribution in [1.29, 1.82) is 0 Å². The van der Waals surface area contributed by atoms with Crippen molar-refractivity contribution in [3.8, 4) is 5.75 Å². The molecule has 2 aliphatic rings. The molecule has 0 spiro atoms. The molecule has 2 heterocycles. The molecule has 2 aliphatic heterocycles. The summed E-state index contributed by atoms with van der Waals surface area (Å²) in [6, 6.07) is 15.3. The molecule has 0 bridgehead atoms. The van der Waals surface area contributed by atoms with Crippen LogP contribution in [0.2, 0.25) is 5.02 Å². The van der Waals surface area contributed by atoms with Gasteiger partial charge in [0, 0.05) is 16.3 Å². The van der Waals surface area contributed by atoms with E-state index >= 15 is 0 Å². The Morgan fingerprint density at radius 1 is 1.12 bits per heavy atom. The average molecular weight is 471 g/mol. The van der Waals surface area contributed by atoms with Crippen LogP contribution < -0.4 is 14.5 Å². The molecule has 0 saturated carbocycles. The van der Waals surface area contributed by atoms with Gasteiger partial charge in [0.15, 0.2) is 6.67 Å². The van der Waals surface area contributed by atoms with Crippen LogP contribution in [0.15, 0.2) is 66.1 Å². The summed E-state index contributed by atoms with van der Waals surface area (Å²) in [4.78, 5) is 30.8. The molecule has 4 rings (SSSR count). The van der Waals surface area contributed by atoms with Gasteiger partial charge >= 0.3 is 0 Å². The number of nitrogens with one attached hydrogen (secondary N) is 1. The van der Waals surface area contributed by atoms with Gasteiger partial charge in [0.05, 0.1) is 31.1 Å². The summed E-state index contributed by atoms with van der Waals surface area (Å²) in [5.41, 5.74) is 1.87. The number of nitrogens with zero attached hydrogens (tertiary/aromatic N) is 2. The number of ether oxygens (including phenoxy) is 1. The van der Waals surface area contributed by atoms with Gasteiger partial charge in [0.25, 0.3) is 11.1 Å². The number of para-hydroxylation sites is 1. The van der Waals surface area contributed by atoms with E-state index in [1.165, 1.54) is 9.80 Å². The topological polar surface area (TPSA) is 54.3 Å². The van der Waals surface area contributed by atoms with Gasteiger partial charge in [0.2, 0.25) is 0 Å². The molecular weight excluding hydrogens is 446 g/mol. The van der Waals surface area contributed by atoms with Crippen molar-refractivity contribution in [3.05, 3.63) is 76.7 Å². The van der Waals surface area contributed by atoms with E-state index in [1.807, 2.05) is 42.5 Å². The first-order valence-electron chi connectivity index (χ1n) is 10.5. The lowest BCUT2D eigenvalue weighted by Gasteiger charge is -2.34. The first-order valence-corrected chi connectivity index (χ1v) is 11.7. The number of hydrogen-bond acceptors (Lipinski definition) is 5. The SMILES string of the molecule is C=CCOc1ccccc1/C=C1/SC(=O)N(C[NH+]2CCN(c3cccc(Cl)c3)CC2)C1=O. The maximum Gasteiger partial charge on any atom is 0.298 e. The Kier molecular flexibility index (Phi) is 7.19. The lowest BCUT2D eigenvalue weighted by atomic mass is 10.2. The van der Waals surface area contributed by atoms with Crippen LogP contribution in [-0.4, -0.2) is 55.5 Å². The summed E-state index contributed by atoms with van der Waals surface area (Å²) in [6.07, 6.45) is 3.40. The fraction of sp³-hybridized carbons (Fsp3) is 0.250. The van der Waals surface area contributed by atoms with Crippen LogP contribution in [0.25, 0.3) is 6.08 Å². The Balaban J connectivity index is 1.39.